The molecule has 0 aliphatic carbocycles. The highest BCUT2D eigenvalue weighted by molar-refractivity contribution is 6.01. The van der Waals surface area contributed by atoms with E-state index in [1.165, 1.54) is 13.0 Å². The molecule has 0 saturated carbocycles. The number of hydrogen-bond acceptors (Lipinski definition) is 8. The van der Waals surface area contributed by atoms with Crippen molar-refractivity contribution in [3.8, 4) is 0 Å². The van der Waals surface area contributed by atoms with Crippen LogP contribution in [0.5, 0.6) is 0 Å². The quantitative estimate of drug-likeness (QED) is 0.481. The van der Waals surface area contributed by atoms with Gasteiger partial charge in [0.15, 0.2) is 11.7 Å². The van der Waals surface area contributed by atoms with Gasteiger partial charge in [0.25, 0.3) is 0 Å². The molecule has 27 heavy (non-hydrogen) atoms. The molecular formula is C19H27NO7. The van der Waals surface area contributed by atoms with E-state index in [-0.39, 0.29) is 24.2 Å². The average Bonchev–Trinajstić information content (AvgIpc) is 2.61. The van der Waals surface area contributed by atoms with Gasteiger partial charge in [0, 0.05) is 30.7 Å². The van der Waals surface area contributed by atoms with Gasteiger partial charge in [-0.1, -0.05) is 13.0 Å². The molecule has 8 heteroatoms. The summed E-state index contributed by atoms with van der Waals surface area (Å²) in [6.07, 6.45) is 2.21. The van der Waals surface area contributed by atoms with Gasteiger partial charge in [-0.25, -0.2) is 9.59 Å². The molecule has 0 aromatic heterocycles. The molecule has 8 nitrogen and oxygen atoms in total. The fourth-order valence-corrected chi connectivity index (χ4v) is 2.96. The van der Waals surface area contributed by atoms with E-state index in [0.717, 1.165) is 0 Å². The maximum Gasteiger partial charge on any atom is 0.338 e. The van der Waals surface area contributed by atoms with Gasteiger partial charge < -0.3 is 24.6 Å². The molecule has 0 aromatic carbocycles. The van der Waals surface area contributed by atoms with Crippen LogP contribution < -0.4 is 0 Å². The first-order valence-corrected chi connectivity index (χ1v) is 8.99. The van der Waals surface area contributed by atoms with Crippen LogP contribution in [0.15, 0.2) is 23.3 Å². The molecule has 2 bridgehead atoms. The predicted octanol–water partition coefficient (Wildman–Crippen LogP) is -0.0181. The van der Waals surface area contributed by atoms with Crippen molar-refractivity contribution < 1.29 is 34.1 Å². The van der Waals surface area contributed by atoms with Gasteiger partial charge in [-0.2, -0.15) is 0 Å². The van der Waals surface area contributed by atoms with E-state index in [9.17, 15) is 24.6 Å². The Morgan fingerprint density at radius 1 is 1.37 bits per heavy atom. The first-order chi connectivity index (χ1) is 12.7. The number of aliphatic hydroxyl groups excluding tert-OH is 1. The van der Waals surface area contributed by atoms with Crippen LogP contribution in [-0.4, -0.2) is 77.9 Å². The third kappa shape index (κ3) is 5.03. The molecule has 2 aliphatic rings. The molecule has 150 valence electrons. The van der Waals surface area contributed by atoms with Crippen LogP contribution in [0.3, 0.4) is 0 Å². The summed E-state index contributed by atoms with van der Waals surface area (Å²) >= 11 is 0. The third-order valence-electron chi connectivity index (χ3n) is 5.14. The molecule has 2 aliphatic heterocycles. The second-order valence-electron chi connectivity index (χ2n) is 7.28. The van der Waals surface area contributed by atoms with E-state index in [4.69, 9.17) is 9.47 Å². The number of fused-ring (bicyclic) bond motifs is 2. The first-order valence-electron chi connectivity index (χ1n) is 8.99. The number of nitrogens with zero attached hydrogens (tertiary/aromatic N) is 1. The maximum atomic E-state index is 12.8. The van der Waals surface area contributed by atoms with Crippen LogP contribution >= 0.6 is 0 Å². The number of carbonyl (C=O) groups excluding carboxylic acids is 3. The molecular weight excluding hydrogens is 354 g/mol. The average molecular weight is 381 g/mol. The van der Waals surface area contributed by atoms with E-state index >= 15 is 0 Å². The Morgan fingerprint density at radius 3 is 2.74 bits per heavy atom. The van der Waals surface area contributed by atoms with Crippen molar-refractivity contribution in [2.24, 2.45) is 5.92 Å². The number of ketones is 1. The molecule has 1 fully saturated rings. The van der Waals surface area contributed by atoms with E-state index in [1.54, 1.807) is 13.0 Å². The van der Waals surface area contributed by atoms with Gasteiger partial charge in [0.1, 0.15) is 6.61 Å². The molecule has 0 spiro atoms. The lowest BCUT2D eigenvalue weighted by atomic mass is 9.85. The van der Waals surface area contributed by atoms with Gasteiger partial charge in [-0.15, -0.1) is 0 Å². The molecule has 2 heterocycles. The van der Waals surface area contributed by atoms with Crippen LogP contribution in [-0.2, 0) is 23.9 Å². The lowest BCUT2D eigenvalue weighted by molar-refractivity contribution is -0.169. The van der Waals surface area contributed by atoms with Crippen molar-refractivity contribution >= 4 is 17.7 Å². The summed E-state index contributed by atoms with van der Waals surface area (Å²) in [5.41, 5.74) is -1.54. The molecule has 2 N–H and O–H groups in total. The number of cyclic esters (lactones) is 1. The summed E-state index contributed by atoms with van der Waals surface area (Å²) in [4.78, 5) is 39.7. The second kappa shape index (κ2) is 8.77. The topological polar surface area (TPSA) is 113 Å². The Hall–Kier alpha value is -2.03. The summed E-state index contributed by atoms with van der Waals surface area (Å²) in [6.45, 7) is 3.25. The zero-order valence-corrected chi connectivity index (χ0v) is 15.9. The fourth-order valence-electron chi connectivity index (χ4n) is 2.96. The summed E-state index contributed by atoms with van der Waals surface area (Å²) in [5.74, 6) is -2.69. The normalized spacial score (nSPS) is 35.1. The second-order valence-corrected chi connectivity index (χ2v) is 7.28. The van der Waals surface area contributed by atoms with E-state index in [0.29, 0.717) is 19.5 Å². The number of aliphatic hydroxyl groups is 2. The van der Waals surface area contributed by atoms with Crippen molar-refractivity contribution in [2.45, 2.75) is 38.4 Å². The number of carbonyl (C=O) groups is 3. The minimum atomic E-state index is -1.87. The minimum Gasteiger partial charge on any atom is -0.459 e. The number of likely N-dealkylation sites (N-methyl/N-ethyl adjacent to an activating group) is 1. The monoisotopic (exact) mass is 381 g/mol. The molecule has 1 saturated heterocycles. The largest absolute Gasteiger partial charge is 0.459 e. The highest BCUT2D eigenvalue weighted by Crippen LogP contribution is 2.28. The zero-order valence-electron chi connectivity index (χ0n) is 15.9. The van der Waals surface area contributed by atoms with Crippen molar-refractivity contribution in [3.63, 3.8) is 0 Å². The summed E-state index contributed by atoms with van der Waals surface area (Å²) in [6, 6.07) is 0. The van der Waals surface area contributed by atoms with Crippen LogP contribution in [0.4, 0.5) is 0 Å². The molecule has 0 radical (unpaired) electrons. The Kier molecular flexibility index (Phi) is 6.91. The lowest BCUT2D eigenvalue weighted by Crippen LogP contribution is -2.45. The number of rotatable bonds is 1. The number of Topliss-reactive ketones (excluding diaryl/α,β-unsaturated/α-hetero) is 1. The Bertz CT molecular complexity index is 665. The molecule has 3 atom stereocenters. The van der Waals surface area contributed by atoms with Crippen LogP contribution in [0.1, 0.15) is 26.7 Å². The highest BCUT2D eigenvalue weighted by atomic mass is 16.6. The molecule has 0 unspecified atom stereocenters. The fraction of sp³-hybridized carbons (Fsp3) is 0.632. The highest BCUT2D eigenvalue weighted by Gasteiger charge is 2.41. The number of hydrogen-bond donors (Lipinski definition) is 2. The Morgan fingerprint density at radius 2 is 2.07 bits per heavy atom. The van der Waals surface area contributed by atoms with E-state index in [1.807, 2.05) is 11.9 Å². The van der Waals surface area contributed by atoms with Gasteiger partial charge in [0.05, 0.1) is 6.61 Å². The minimum absolute atomic E-state index is 0.00893. The van der Waals surface area contributed by atoms with Crippen molar-refractivity contribution in [3.05, 3.63) is 23.3 Å². The molecule has 2 rings (SSSR count). The van der Waals surface area contributed by atoms with E-state index < -0.39 is 42.0 Å². The summed E-state index contributed by atoms with van der Waals surface area (Å²) < 4.78 is 10.6. The Labute approximate surface area is 158 Å². The Balaban J connectivity index is 2.44. The zero-order chi connectivity index (χ0) is 20.2. The molecule has 0 amide bonds. The van der Waals surface area contributed by atoms with E-state index in [2.05, 4.69) is 0 Å². The smallest absolute Gasteiger partial charge is 0.338 e. The standard InChI is InChI=1S/C19H27NO7/c1-12-10-13(6-9-21)17(23)27-15-5-8-20(3)7-4-14(16(15)22)11-26-18(24)19(12,2)25/h4,6,12,15,21,25H,5,7-11H2,1-3H3/b13-6+,14-4-/t12-,15-,19-/m1/s1. The lowest BCUT2D eigenvalue weighted by Gasteiger charge is -2.31. The summed E-state index contributed by atoms with van der Waals surface area (Å²) in [5, 5.41) is 19.8. The van der Waals surface area contributed by atoms with Crippen LogP contribution in [0, 0.1) is 5.92 Å². The van der Waals surface area contributed by atoms with Gasteiger partial charge in [-0.05, 0) is 32.4 Å². The third-order valence-corrected chi connectivity index (χ3v) is 5.14. The predicted molar refractivity (Wildman–Crippen MR) is 95.6 cm³/mol. The van der Waals surface area contributed by atoms with Gasteiger partial charge in [-0.3, -0.25) is 4.79 Å². The first kappa shape index (κ1) is 21.3. The number of ether oxygens (including phenoxy) is 2. The van der Waals surface area contributed by atoms with Crippen LogP contribution in [0.2, 0.25) is 0 Å². The SMILES string of the molecule is C[C@@H]1C/C(=C\CO)C(=O)O[C@@H]2CCN(C)C/C=C(/COC(=O)[C@]1(C)O)C2=O. The van der Waals surface area contributed by atoms with Gasteiger partial charge >= 0.3 is 11.9 Å². The van der Waals surface area contributed by atoms with Crippen molar-refractivity contribution in [2.75, 3.05) is 33.4 Å². The number of esters is 2. The maximum absolute atomic E-state index is 12.8. The molecule has 0 aromatic rings. The van der Waals surface area contributed by atoms with Crippen LogP contribution in [0.25, 0.3) is 0 Å². The van der Waals surface area contributed by atoms with Crippen molar-refractivity contribution in [1.29, 1.82) is 0 Å². The van der Waals surface area contributed by atoms with Gasteiger partial charge in [0.2, 0.25) is 5.78 Å². The van der Waals surface area contributed by atoms with Crippen molar-refractivity contribution in [1.82, 2.24) is 4.90 Å². The summed E-state index contributed by atoms with van der Waals surface area (Å²) in [7, 11) is 1.86.